The molecule has 0 N–H and O–H groups in total. The summed E-state index contributed by atoms with van der Waals surface area (Å²) in [6, 6.07) is 54.8. The molecule has 2 aromatic heterocycles. The number of nitrogens with zero attached hydrogens (tertiary/aromatic N) is 4. The molecule has 282 valence electrons. The predicted molar refractivity (Wildman–Crippen MR) is 248 cm³/mol. The molecule has 4 nitrogen and oxygen atoms in total. The average Bonchev–Trinajstić information content (AvgIpc) is 3.64. The third-order valence-electron chi connectivity index (χ3n) is 12.2. The topological polar surface area (TPSA) is 43.6 Å². The molecule has 0 bridgehead atoms. The lowest BCUT2D eigenvalue weighted by atomic mass is 9.86. The van der Waals surface area contributed by atoms with Crippen molar-refractivity contribution in [3.8, 4) is 33.9 Å². The maximum Gasteiger partial charge on any atom is 0.164 e. The van der Waals surface area contributed by atoms with Crippen LogP contribution in [0.1, 0.15) is 43.5 Å². The van der Waals surface area contributed by atoms with E-state index in [4.69, 9.17) is 15.0 Å². The summed E-state index contributed by atoms with van der Waals surface area (Å²) in [6.45, 7) is 2.62. The molecule has 0 spiro atoms. The molecule has 10 aromatic rings. The zero-order chi connectivity index (χ0) is 39.3. The van der Waals surface area contributed by atoms with Gasteiger partial charge in [0.05, 0.1) is 12.1 Å². The Morgan fingerprint density at radius 3 is 2.02 bits per heavy atom. The second-order valence-electron chi connectivity index (χ2n) is 15.8. The zero-order valence-electron chi connectivity index (χ0n) is 33.0. The maximum atomic E-state index is 5.43. The first kappa shape index (κ1) is 35.0. The molecule has 1 aliphatic rings. The molecule has 1 aliphatic carbocycles. The van der Waals surface area contributed by atoms with E-state index in [0.717, 1.165) is 29.5 Å². The number of hydrogen-bond acceptors (Lipinski definition) is 3. The molecule has 1 unspecified atom stereocenters. The van der Waals surface area contributed by atoms with Crippen LogP contribution in [0.25, 0.3) is 93.6 Å². The number of rotatable bonds is 8. The van der Waals surface area contributed by atoms with Gasteiger partial charge in [-0.25, -0.2) is 15.0 Å². The van der Waals surface area contributed by atoms with E-state index in [-0.39, 0.29) is 0 Å². The summed E-state index contributed by atoms with van der Waals surface area (Å²) in [5.41, 5.74) is 9.01. The minimum absolute atomic E-state index is 0.347. The van der Waals surface area contributed by atoms with Crippen LogP contribution in [0, 0.1) is 0 Å². The van der Waals surface area contributed by atoms with E-state index in [0.29, 0.717) is 29.9 Å². The Labute approximate surface area is 343 Å². The fraction of sp³-hybridized carbons (Fsp3) is 0.109. The lowest BCUT2D eigenvalue weighted by Crippen LogP contribution is -2.08. The lowest BCUT2D eigenvalue weighted by molar-refractivity contribution is 0.654. The highest BCUT2D eigenvalue weighted by atomic mass is 15.1. The van der Waals surface area contributed by atoms with Gasteiger partial charge in [0.1, 0.15) is 0 Å². The van der Waals surface area contributed by atoms with Gasteiger partial charge in [0.25, 0.3) is 0 Å². The van der Waals surface area contributed by atoms with Crippen molar-refractivity contribution < 1.29 is 0 Å². The molecule has 0 amide bonds. The summed E-state index contributed by atoms with van der Waals surface area (Å²) in [6.07, 6.45) is 14.5. The van der Waals surface area contributed by atoms with Crippen LogP contribution < -0.4 is 0 Å². The van der Waals surface area contributed by atoms with Gasteiger partial charge in [0.15, 0.2) is 17.5 Å². The molecule has 2 heterocycles. The Hall–Kier alpha value is -7.17. The Morgan fingerprint density at radius 1 is 0.610 bits per heavy atom. The van der Waals surface area contributed by atoms with Crippen molar-refractivity contribution in [2.75, 3.05) is 0 Å². The fourth-order valence-electron chi connectivity index (χ4n) is 9.41. The maximum absolute atomic E-state index is 5.43. The van der Waals surface area contributed by atoms with Crippen molar-refractivity contribution in [3.05, 3.63) is 193 Å². The molecule has 59 heavy (non-hydrogen) atoms. The van der Waals surface area contributed by atoms with Crippen LogP contribution in [0.15, 0.2) is 182 Å². The van der Waals surface area contributed by atoms with Gasteiger partial charge in [-0.2, -0.15) is 0 Å². The highest BCUT2D eigenvalue weighted by Gasteiger charge is 2.23. The van der Waals surface area contributed by atoms with E-state index in [9.17, 15) is 0 Å². The number of benzene rings is 8. The van der Waals surface area contributed by atoms with E-state index in [2.05, 4.69) is 187 Å². The van der Waals surface area contributed by atoms with E-state index in [1.54, 1.807) is 0 Å². The molecule has 0 fully saturated rings. The number of hydrogen-bond donors (Lipinski definition) is 0. The molecule has 1 atom stereocenters. The molecule has 0 aliphatic heterocycles. The molecular formula is C55H42N4. The van der Waals surface area contributed by atoms with Crippen LogP contribution in [0.4, 0.5) is 0 Å². The normalized spacial score (nSPS) is 14.9. The summed E-state index contributed by atoms with van der Waals surface area (Å²) < 4.78 is 2.50. The van der Waals surface area contributed by atoms with Gasteiger partial charge in [-0.15, -0.1) is 0 Å². The second kappa shape index (κ2) is 14.6. The Balaban J connectivity index is 1.15. The molecule has 0 saturated carbocycles. The zero-order valence-corrected chi connectivity index (χ0v) is 33.0. The lowest BCUT2D eigenvalue weighted by Gasteiger charge is -2.19. The summed E-state index contributed by atoms with van der Waals surface area (Å²) >= 11 is 0. The first-order valence-electron chi connectivity index (χ1n) is 20.8. The largest absolute Gasteiger partial charge is 0.335 e. The van der Waals surface area contributed by atoms with Crippen molar-refractivity contribution in [2.45, 2.75) is 38.6 Å². The molecule has 11 rings (SSSR count). The summed E-state index contributed by atoms with van der Waals surface area (Å²) in [7, 11) is 0. The van der Waals surface area contributed by atoms with Gasteiger partial charge in [0.2, 0.25) is 0 Å². The molecule has 0 radical (unpaired) electrons. The second-order valence-corrected chi connectivity index (χ2v) is 15.8. The van der Waals surface area contributed by atoms with Crippen molar-refractivity contribution in [1.29, 1.82) is 0 Å². The Morgan fingerprint density at radius 2 is 1.27 bits per heavy atom. The number of aromatic nitrogens is 4. The third-order valence-corrected chi connectivity index (χ3v) is 12.2. The van der Waals surface area contributed by atoms with Crippen LogP contribution in [0.2, 0.25) is 0 Å². The van der Waals surface area contributed by atoms with Crippen molar-refractivity contribution in [2.24, 2.45) is 0 Å². The number of allylic oxidation sites excluding steroid dienone is 6. The van der Waals surface area contributed by atoms with Gasteiger partial charge in [-0.05, 0) is 88.0 Å². The van der Waals surface area contributed by atoms with Crippen LogP contribution in [-0.2, 0) is 6.54 Å². The molecule has 8 aromatic carbocycles. The van der Waals surface area contributed by atoms with Crippen LogP contribution in [0.5, 0.6) is 0 Å². The standard InChI is InChI=1S/C55H42N4/c1-2-3-17-41(35-59-48-29-14-13-26-45(48)51-46-27-15-24-38-30-31-39-25-16-28-47(52(51)59)50(39)49(38)46)54-56-53(40-22-11-6-12-23-40)57-55(58-54)44-33-42(36-18-7-4-8-19-36)32-43(34-44)37-20-9-5-10-21-37/h2-4,6-9,11-20,22-34,37H,5,10,21,35H2,1H3/b3-2-,41-17+. The van der Waals surface area contributed by atoms with E-state index in [1.807, 2.05) is 6.07 Å². The van der Waals surface area contributed by atoms with Crippen molar-refractivity contribution in [3.63, 3.8) is 0 Å². The van der Waals surface area contributed by atoms with Crippen LogP contribution in [0.3, 0.4) is 0 Å². The van der Waals surface area contributed by atoms with Gasteiger partial charge >= 0.3 is 0 Å². The average molecular weight is 759 g/mol. The van der Waals surface area contributed by atoms with Gasteiger partial charge < -0.3 is 4.57 Å². The first-order chi connectivity index (χ1) is 29.2. The smallest absolute Gasteiger partial charge is 0.164 e. The summed E-state index contributed by atoms with van der Waals surface area (Å²) in [5.74, 6) is 2.34. The van der Waals surface area contributed by atoms with Crippen molar-refractivity contribution in [1.82, 2.24) is 19.5 Å². The van der Waals surface area contributed by atoms with Crippen LogP contribution in [-0.4, -0.2) is 19.5 Å². The molecular weight excluding hydrogens is 717 g/mol. The highest BCUT2D eigenvalue weighted by molar-refractivity contribution is 6.37. The van der Waals surface area contributed by atoms with Gasteiger partial charge in [-0.1, -0.05) is 164 Å². The fourth-order valence-corrected chi connectivity index (χ4v) is 9.41. The first-order valence-corrected chi connectivity index (χ1v) is 20.8. The predicted octanol–water partition coefficient (Wildman–Crippen LogP) is 14.4. The summed E-state index contributed by atoms with van der Waals surface area (Å²) in [5, 5.41) is 10.2. The van der Waals surface area contributed by atoms with Gasteiger partial charge in [-0.3, -0.25) is 0 Å². The molecule has 0 saturated heterocycles. The minimum Gasteiger partial charge on any atom is -0.335 e. The summed E-state index contributed by atoms with van der Waals surface area (Å²) in [4.78, 5) is 16.0. The quantitative estimate of drug-likeness (QED) is 0.0880. The minimum atomic E-state index is 0.347. The van der Waals surface area contributed by atoms with Gasteiger partial charge in [0, 0.05) is 44.3 Å². The number of para-hydroxylation sites is 1. The van der Waals surface area contributed by atoms with Crippen molar-refractivity contribution >= 4 is 59.7 Å². The van der Waals surface area contributed by atoms with Crippen LogP contribution >= 0.6 is 0 Å². The van der Waals surface area contributed by atoms with E-state index >= 15 is 0 Å². The van der Waals surface area contributed by atoms with E-state index < -0.39 is 0 Å². The van der Waals surface area contributed by atoms with E-state index in [1.165, 1.54) is 77.2 Å². The number of fused-ring (bicyclic) bond motifs is 5. The third kappa shape index (κ3) is 6.11. The Bertz CT molecular complexity index is 3280. The monoisotopic (exact) mass is 758 g/mol. The highest BCUT2D eigenvalue weighted by Crippen LogP contribution is 2.45. The molecule has 4 heteroatoms. The SMILES string of the molecule is C/C=C\C=C(/Cn1c2ccccc2c2c3cccc4ccc5cccc(c5c43)c21)c1nc(-c2ccccc2)nc(-c2cc(-c3ccccc3)cc(C3C=CCCC3)c2)n1. The Kier molecular flexibility index (Phi) is 8.70.